The van der Waals surface area contributed by atoms with Crippen LogP contribution >= 0.6 is 11.6 Å². The van der Waals surface area contributed by atoms with Crippen molar-refractivity contribution in [2.75, 3.05) is 13.2 Å². The van der Waals surface area contributed by atoms with Gasteiger partial charge in [0, 0.05) is 18.1 Å². The summed E-state index contributed by atoms with van der Waals surface area (Å²) >= 11 is 6.19. The van der Waals surface area contributed by atoms with Gasteiger partial charge in [0.1, 0.15) is 17.6 Å². The molecule has 0 saturated carbocycles. The molecule has 0 saturated heterocycles. The first-order valence-corrected chi connectivity index (χ1v) is 10.7. The van der Waals surface area contributed by atoms with Gasteiger partial charge < -0.3 is 15.0 Å². The van der Waals surface area contributed by atoms with E-state index in [2.05, 4.69) is 5.32 Å². The summed E-state index contributed by atoms with van der Waals surface area (Å²) in [4.78, 5) is 27.1. The number of amides is 2. The highest BCUT2D eigenvalue weighted by Gasteiger charge is 2.26. The molecule has 2 aromatic carbocycles. The van der Waals surface area contributed by atoms with Crippen LogP contribution in [0.3, 0.4) is 0 Å². The predicted molar refractivity (Wildman–Crippen MR) is 121 cm³/mol. The number of carbonyl (C=O) groups excluding carboxylic acids is 2. The van der Waals surface area contributed by atoms with Gasteiger partial charge in [-0.25, -0.2) is 4.39 Å². The van der Waals surface area contributed by atoms with Crippen molar-refractivity contribution in [3.05, 3.63) is 63.9 Å². The van der Waals surface area contributed by atoms with E-state index < -0.39 is 6.04 Å². The van der Waals surface area contributed by atoms with Crippen molar-refractivity contribution in [3.8, 4) is 5.75 Å². The maximum absolute atomic E-state index is 13.3. The highest BCUT2D eigenvalue weighted by molar-refractivity contribution is 6.32. The van der Waals surface area contributed by atoms with E-state index in [1.807, 2.05) is 27.7 Å². The Morgan fingerprint density at radius 3 is 2.23 bits per heavy atom. The van der Waals surface area contributed by atoms with E-state index in [9.17, 15) is 14.0 Å². The van der Waals surface area contributed by atoms with Gasteiger partial charge in [-0.2, -0.15) is 0 Å². The lowest BCUT2D eigenvalue weighted by Gasteiger charge is -2.29. The molecule has 0 aliphatic heterocycles. The summed E-state index contributed by atoms with van der Waals surface area (Å²) in [5.74, 6) is -0.131. The molecule has 2 rings (SSSR count). The fraction of sp³-hybridized carbons (Fsp3) is 0.417. The number of ether oxygens (including phenoxy) is 1. The van der Waals surface area contributed by atoms with Gasteiger partial charge in [0.2, 0.25) is 5.91 Å². The van der Waals surface area contributed by atoms with Crippen LogP contribution in [-0.2, 0) is 16.1 Å². The highest BCUT2D eigenvalue weighted by atomic mass is 35.5. The van der Waals surface area contributed by atoms with Crippen molar-refractivity contribution in [2.24, 2.45) is 5.92 Å². The van der Waals surface area contributed by atoms with Gasteiger partial charge in [-0.15, -0.1) is 0 Å². The number of halogens is 2. The number of hydrogen-bond donors (Lipinski definition) is 1. The van der Waals surface area contributed by atoms with Gasteiger partial charge in [0.15, 0.2) is 6.61 Å². The van der Waals surface area contributed by atoms with Crippen LogP contribution in [0.4, 0.5) is 4.39 Å². The summed E-state index contributed by atoms with van der Waals surface area (Å²) < 4.78 is 19.0. The molecule has 2 amide bonds. The van der Waals surface area contributed by atoms with Crippen LogP contribution in [-0.4, -0.2) is 35.9 Å². The molecule has 0 fully saturated rings. The third-order valence-electron chi connectivity index (χ3n) is 4.89. The number of aryl methyl sites for hydroxylation is 2. The number of nitrogens with zero attached hydrogens (tertiary/aromatic N) is 1. The average molecular weight is 449 g/mol. The molecule has 0 aliphatic rings. The fourth-order valence-corrected chi connectivity index (χ4v) is 3.15. The summed E-state index contributed by atoms with van der Waals surface area (Å²) in [5.41, 5.74) is 2.43. The molecular formula is C24H30ClFN2O3. The molecule has 0 radical (unpaired) electrons. The minimum atomic E-state index is -0.714. The Labute approximate surface area is 188 Å². The first-order valence-electron chi connectivity index (χ1n) is 10.3. The number of rotatable bonds is 9. The molecule has 168 valence electrons. The van der Waals surface area contributed by atoms with Crippen LogP contribution in [0, 0.1) is 25.6 Å². The van der Waals surface area contributed by atoms with Crippen LogP contribution in [0.15, 0.2) is 36.4 Å². The number of benzene rings is 2. The minimum absolute atomic E-state index is 0.164. The van der Waals surface area contributed by atoms with Crippen molar-refractivity contribution < 1.29 is 18.7 Å². The zero-order valence-corrected chi connectivity index (χ0v) is 19.4. The highest BCUT2D eigenvalue weighted by Crippen LogP contribution is 2.26. The van der Waals surface area contributed by atoms with Gasteiger partial charge in [-0.3, -0.25) is 9.59 Å². The summed E-state index contributed by atoms with van der Waals surface area (Å²) in [7, 11) is 0. The van der Waals surface area contributed by atoms with E-state index in [1.54, 1.807) is 31.2 Å². The van der Waals surface area contributed by atoms with Gasteiger partial charge in [-0.05, 0) is 67.6 Å². The molecule has 1 atom stereocenters. The van der Waals surface area contributed by atoms with Crippen molar-refractivity contribution in [2.45, 2.75) is 47.2 Å². The molecule has 2 aromatic rings. The van der Waals surface area contributed by atoms with Crippen molar-refractivity contribution >= 4 is 23.4 Å². The van der Waals surface area contributed by atoms with Crippen LogP contribution in [0.1, 0.15) is 37.5 Å². The van der Waals surface area contributed by atoms with Crippen molar-refractivity contribution in [3.63, 3.8) is 0 Å². The maximum Gasteiger partial charge on any atom is 0.261 e. The molecule has 1 N–H and O–H groups in total. The number of nitrogens with one attached hydrogen (secondary N) is 1. The van der Waals surface area contributed by atoms with Gasteiger partial charge >= 0.3 is 0 Å². The van der Waals surface area contributed by atoms with Crippen LogP contribution in [0.25, 0.3) is 0 Å². The Morgan fingerprint density at radius 1 is 1.10 bits per heavy atom. The number of hydrogen-bond acceptors (Lipinski definition) is 3. The van der Waals surface area contributed by atoms with Gasteiger partial charge in [0.25, 0.3) is 5.91 Å². The second-order valence-corrected chi connectivity index (χ2v) is 8.50. The normalized spacial score (nSPS) is 11.9. The third-order valence-corrected chi connectivity index (χ3v) is 5.49. The molecule has 7 heteroatoms. The lowest BCUT2D eigenvalue weighted by molar-refractivity contribution is -0.142. The maximum atomic E-state index is 13.3. The second-order valence-electron chi connectivity index (χ2n) is 8.12. The van der Waals surface area contributed by atoms with E-state index >= 15 is 0 Å². The topological polar surface area (TPSA) is 58.6 Å². The Kier molecular flexibility index (Phi) is 8.87. The monoisotopic (exact) mass is 448 g/mol. The van der Waals surface area contributed by atoms with E-state index in [0.717, 1.165) is 16.7 Å². The molecule has 0 heterocycles. The molecule has 0 aromatic heterocycles. The van der Waals surface area contributed by atoms with E-state index in [1.165, 1.54) is 17.0 Å². The van der Waals surface area contributed by atoms with Crippen LogP contribution in [0.2, 0.25) is 5.02 Å². The minimum Gasteiger partial charge on any atom is -0.484 e. The first-order chi connectivity index (χ1) is 14.6. The summed E-state index contributed by atoms with van der Waals surface area (Å²) in [6, 6.07) is 8.68. The number of carbonyl (C=O) groups is 2. The third kappa shape index (κ3) is 7.24. The second kappa shape index (κ2) is 11.1. The summed E-state index contributed by atoms with van der Waals surface area (Å²) in [6.07, 6.45) is 0. The SMILES string of the molecule is Cc1cc(OCC(=O)N(Cc2ccc(F)cc2)C(C)C(=O)NCC(C)C)cc(C)c1Cl. The Bertz CT molecular complexity index is 893. The quantitative estimate of drug-likeness (QED) is 0.606. The Hall–Kier alpha value is -2.60. The lowest BCUT2D eigenvalue weighted by Crippen LogP contribution is -2.49. The van der Waals surface area contributed by atoms with Gasteiger partial charge in [0.05, 0.1) is 0 Å². The molecule has 1 unspecified atom stereocenters. The van der Waals surface area contributed by atoms with E-state index in [4.69, 9.17) is 16.3 Å². The lowest BCUT2D eigenvalue weighted by atomic mass is 10.1. The van der Waals surface area contributed by atoms with Crippen LogP contribution < -0.4 is 10.1 Å². The zero-order chi connectivity index (χ0) is 23.1. The Morgan fingerprint density at radius 2 is 1.68 bits per heavy atom. The van der Waals surface area contributed by atoms with E-state index in [0.29, 0.717) is 17.3 Å². The Balaban J connectivity index is 2.16. The summed E-state index contributed by atoms with van der Waals surface area (Å²) in [5, 5.41) is 3.52. The average Bonchev–Trinajstić information content (AvgIpc) is 2.73. The van der Waals surface area contributed by atoms with Crippen LogP contribution in [0.5, 0.6) is 5.75 Å². The first kappa shape index (κ1) is 24.7. The molecule has 0 spiro atoms. The summed E-state index contributed by atoms with van der Waals surface area (Å²) in [6.45, 7) is 9.85. The standard InChI is InChI=1S/C24H30ClFN2O3/c1-15(2)12-27-24(30)18(5)28(13-19-6-8-20(26)9-7-19)22(29)14-31-21-10-16(3)23(25)17(4)11-21/h6-11,15,18H,12-14H2,1-5H3,(H,27,30). The molecule has 31 heavy (non-hydrogen) atoms. The smallest absolute Gasteiger partial charge is 0.261 e. The van der Waals surface area contributed by atoms with Crippen molar-refractivity contribution in [1.29, 1.82) is 0 Å². The zero-order valence-electron chi connectivity index (χ0n) is 18.7. The molecule has 5 nitrogen and oxygen atoms in total. The molecule has 0 bridgehead atoms. The fourth-order valence-electron chi connectivity index (χ4n) is 3.04. The van der Waals surface area contributed by atoms with Gasteiger partial charge in [-0.1, -0.05) is 37.6 Å². The molecular weight excluding hydrogens is 419 g/mol. The molecule has 0 aliphatic carbocycles. The van der Waals surface area contributed by atoms with Crippen molar-refractivity contribution in [1.82, 2.24) is 10.2 Å². The van der Waals surface area contributed by atoms with E-state index in [-0.39, 0.29) is 36.7 Å². The predicted octanol–water partition coefficient (Wildman–Crippen LogP) is 4.66. The largest absolute Gasteiger partial charge is 0.484 e.